The largest absolute Gasteiger partial charge is 0.493 e. The first-order chi connectivity index (χ1) is 13.4. The molecule has 1 saturated heterocycles. The van der Waals surface area contributed by atoms with E-state index >= 15 is 0 Å². The van der Waals surface area contributed by atoms with Crippen molar-refractivity contribution in [3.63, 3.8) is 0 Å². The first kappa shape index (κ1) is 20.6. The minimum absolute atomic E-state index is 0.217. The van der Waals surface area contributed by atoms with E-state index in [0.717, 1.165) is 17.0 Å². The molecule has 1 aliphatic rings. The number of benzene rings is 1. The molecule has 2 heterocycles. The lowest BCUT2D eigenvalue weighted by atomic mass is 10.2. The van der Waals surface area contributed by atoms with E-state index in [1.54, 1.807) is 10.7 Å². The highest BCUT2D eigenvalue weighted by molar-refractivity contribution is 6.30. The van der Waals surface area contributed by atoms with Gasteiger partial charge in [-0.2, -0.15) is 5.10 Å². The summed E-state index contributed by atoms with van der Waals surface area (Å²) >= 11 is 6.18. The third-order valence-electron chi connectivity index (χ3n) is 4.40. The van der Waals surface area contributed by atoms with Crippen molar-refractivity contribution in [2.24, 2.45) is 5.92 Å². The summed E-state index contributed by atoms with van der Waals surface area (Å²) in [4.78, 5) is 12.5. The van der Waals surface area contributed by atoms with Crippen LogP contribution in [0.5, 0.6) is 5.75 Å². The minimum atomic E-state index is -0.217. The number of rotatable bonds is 7. The zero-order valence-electron chi connectivity index (χ0n) is 16.6. The lowest BCUT2D eigenvalue weighted by Gasteiger charge is -2.26. The number of carbonyl (C=O) groups excluding carboxylic acids is 1. The van der Waals surface area contributed by atoms with Gasteiger partial charge in [0.05, 0.1) is 26.4 Å². The van der Waals surface area contributed by atoms with Crippen LogP contribution in [0.1, 0.15) is 35.6 Å². The van der Waals surface area contributed by atoms with Crippen molar-refractivity contribution < 1.29 is 14.3 Å². The van der Waals surface area contributed by atoms with Crippen LogP contribution < -0.4 is 10.2 Å². The summed E-state index contributed by atoms with van der Waals surface area (Å²) in [6, 6.07) is 7.36. The van der Waals surface area contributed by atoms with Crippen LogP contribution in [-0.4, -0.2) is 53.6 Å². The Morgan fingerprint density at radius 1 is 1.32 bits per heavy atom. The molecule has 7 nitrogen and oxygen atoms in total. The van der Waals surface area contributed by atoms with Gasteiger partial charge in [0.25, 0.3) is 5.91 Å². The van der Waals surface area contributed by atoms with Crippen molar-refractivity contribution in [1.29, 1.82) is 0 Å². The first-order valence-corrected chi connectivity index (χ1v) is 9.89. The van der Waals surface area contributed by atoms with E-state index in [4.69, 9.17) is 21.1 Å². The summed E-state index contributed by atoms with van der Waals surface area (Å²) < 4.78 is 13.0. The van der Waals surface area contributed by atoms with Crippen molar-refractivity contribution in [3.8, 4) is 5.75 Å². The number of carbonyl (C=O) groups is 1. The van der Waals surface area contributed by atoms with Gasteiger partial charge in [-0.25, -0.2) is 5.01 Å². The summed E-state index contributed by atoms with van der Waals surface area (Å²) in [6.45, 7) is 9.81. The second-order valence-electron chi connectivity index (χ2n) is 7.33. The van der Waals surface area contributed by atoms with E-state index in [2.05, 4.69) is 24.4 Å². The van der Waals surface area contributed by atoms with E-state index in [-0.39, 0.29) is 5.91 Å². The fourth-order valence-corrected chi connectivity index (χ4v) is 3.08. The smallest absolute Gasteiger partial charge is 0.286 e. The van der Waals surface area contributed by atoms with Gasteiger partial charge in [0, 0.05) is 29.4 Å². The topological polar surface area (TPSA) is 68.6 Å². The van der Waals surface area contributed by atoms with Crippen LogP contribution in [0.15, 0.2) is 24.3 Å². The molecule has 0 saturated carbocycles. The minimum Gasteiger partial charge on any atom is -0.493 e. The Balaban J connectivity index is 1.73. The molecule has 0 atom stereocenters. The van der Waals surface area contributed by atoms with Crippen LogP contribution in [-0.2, 0) is 11.3 Å². The van der Waals surface area contributed by atoms with Crippen LogP contribution in [0, 0.1) is 12.8 Å². The third kappa shape index (κ3) is 5.47. The van der Waals surface area contributed by atoms with Gasteiger partial charge in [-0.05, 0) is 37.1 Å². The SMILES string of the molecule is Cc1cc(C(=O)NN2CCOCC2)nn1Cc1cc(Cl)ccc1OCC(C)C. The average Bonchev–Trinajstić information content (AvgIpc) is 3.02. The number of ether oxygens (including phenoxy) is 2. The molecule has 8 heteroatoms. The summed E-state index contributed by atoms with van der Waals surface area (Å²) in [5.74, 6) is 0.990. The molecule has 1 N–H and O–H groups in total. The fraction of sp³-hybridized carbons (Fsp3) is 0.500. The van der Waals surface area contributed by atoms with E-state index in [0.29, 0.717) is 56.1 Å². The molecule has 0 bridgehead atoms. The van der Waals surface area contributed by atoms with Crippen LogP contribution in [0.3, 0.4) is 0 Å². The van der Waals surface area contributed by atoms with Gasteiger partial charge in [0.2, 0.25) is 0 Å². The van der Waals surface area contributed by atoms with Crippen molar-refractivity contribution in [2.75, 3.05) is 32.9 Å². The molecule has 0 radical (unpaired) electrons. The molecule has 1 amide bonds. The molecule has 152 valence electrons. The van der Waals surface area contributed by atoms with Gasteiger partial charge in [-0.1, -0.05) is 25.4 Å². The van der Waals surface area contributed by atoms with Crippen LogP contribution in [0.4, 0.5) is 0 Å². The first-order valence-electron chi connectivity index (χ1n) is 9.51. The van der Waals surface area contributed by atoms with Crippen molar-refractivity contribution in [1.82, 2.24) is 20.2 Å². The number of aromatic nitrogens is 2. The highest BCUT2D eigenvalue weighted by Gasteiger charge is 2.18. The molecule has 1 fully saturated rings. The number of nitrogens with one attached hydrogen (secondary N) is 1. The predicted molar refractivity (Wildman–Crippen MR) is 108 cm³/mol. The zero-order valence-corrected chi connectivity index (χ0v) is 17.3. The number of aryl methyl sites for hydroxylation is 1. The lowest BCUT2D eigenvalue weighted by molar-refractivity contribution is 0.0124. The third-order valence-corrected chi connectivity index (χ3v) is 4.63. The Labute approximate surface area is 170 Å². The Bertz CT molecular complexity index is 816. The van der Waals surface area contributed by atoms with E-state index < -0.39 is 0 Å². The molecule has 0 unspecified atom stereocenters. The second kappa shape index (κ2) is 9.41. The quantitative estimate of drug-likeness (QED) is 0.765. The van der Waals surface area contributed by atoms with E-state index in [1.807, 2.05) is 30.1 Å². The number of morpholine rings is 1. The number of hydrogen-bond acceptors (Lipinski definition) is 5. The molecule has 2 aromatic rings. The van der Waals surface area contributed by atoms with Crippen LogP contribution >= 0.6 is 11.6 Å². The van der Waals surface area contributed by atoms with Gasteiger partial charge in [0.15, 0.2) is 5.69 Å². The number of halogens is 1. The molecule has 3 rings (SSSR count). The van der Waals surface area contributed by atoms with Gasteiger partial charge in [0.1, 0.15) is 5.75 Å². The van der Waals surface area contributed by atoms with Crippen molar-refractivity contribution in [2.45, 2.75) is 27.3 Å². The molecule has 28 heavy (non-hydrogen) atoms. The Hall–Kier alpha value is -2.09. The molecular formula is C20H27ClN4O3. The van der Waals surface area contributed by atoms with E-state index in [9.17, 15) is 4.79 Å². The standard InChI is InChI=1S/C20H27ClN4O3/c1-14(2)13-28-19-5-4-17(21)11-16(19)12-25-15(3)10-18(22-25)20(26)23-24-6-8-27-9-7-24/h4-5,10-11,14H,6-9,12-13H2,1-3H3,(H,23,26). The highest BCUT2D eigenvalue weighted by atomic mass is 35.5. The monoisotopic (exact) mass is 406 g/mol. The number of amides is 1. The van der Waals surface area contributed by atoms with Gasteiger partial charge in [-0.3, -0.25) is 14.9 Å². The molecule has 0 spiro atoms. The summed E-state index contributed by atoms with van der Waals surface area (Å²) in [6.07, 6.45) is 0. The van der Waals surface area contributed by atoms with Gasteiger partial charge in [-0.15, -0.1) is 0 Å². The normalized spacial score (nSPS) is 15.0. The number of hydrazine groups is 1. The molecule has 1 aromatic carbocycles. The maximum Gasteiger partial charge on any atom is 0.286 e. The highest BCUT2D eigenvalue weighted by Crippen LogP contribution is 2.25. The number of nitrogens with zero attached hydrogens (tertiary/aromatic N) is 3. The van der Waals surface area contributed by atoms with Crippen LogP contribution in [0.25, 0.3) is 0 Å². The van der Waals surface area contributed by atoms with Crippen molar-refractivity contribution >= 4 is 17.5 Å². The lowest BCUT2D eigenvalue weighted by Crippen LogP contribution is -2.48. The number of hydrogen-bond donors (Lipinski definition) is 1. The van der Waals surface area contributed by atoms with Crippen LogP contribution in [0.2, 0.25) is 5.02 Å². The molecule has 1 aliphatic heterocycles. The molecule has 0 aliphatic carbocycles. The van der Waals surface area contributed by atoms with Gasteiger partial charge < -0.3 is 9.47 Å². The fourth-order valence-electron chi connectivity index (χ4n) is 2.89. The Morgan fingerprint density at radius 2 is 2.07 bits per heavy atom. The Kier molecular flexibility index (Phi) is 6.93. The predicted octanol–water partition coefficient (Wildman–Crippen LogP) is 2.91. The summed E-state index contributed by atoms with van der Waals surface area (Å²) in [7, 11) is 0. The zero-order chi connectivity index (χ0) is 20.1. The summed E-state index contributed by atoms with van der Waals surface area (Å²) in [5, 5.41) is 6.98. The Morgan fingerprint density at radius 3 is 2.79 bits per heavy atom. The summed E-state index contributed by atoms with van der Waals surface area (Å²) in [5.41, 5.74) is 5.09. The average molecular weight is 407 g/mol. The molecular weight excluding hydrogens is 380 g/mol. The molecule has 1 aromatic heterocycles. The second-order valence-corrected chi connectivity index (χ2v) is 7.76. The van der Waals surface area contributed by atoms with Crippen molar-refractivity contribution in [3.05, 3.63) is 46.2 Å². The van der Waals surface area contributed by atoms with E-state index in [1.165, 1.54) is 0 Å². The maximum atomic E-state index is 12.5. The van der Waals surface area contributed by atoms with Gasteiger partial charge >= 0.3 is 0 Å². The maximum absolute atomic E-state index is 12.5.